The minimum Gasteiger partial charge on any atom is -0.369 e. The first-order valence-electron chi connectivity index (χ1n) is 16.5. The van der Waals surface area contributed by atoms with E-state index in [0.29, 0.717) is 5.69 Å². The molecule has 0 unspecified atom stereocenters. The molecule has 1 N–H and O–H groups in total. The zero-order valence-electron chi connectivity index (χ0n) is 27.1. The highest BCUT2D eigenvalue weighted by Gasteiger charge is 2.28. The van der Waals surface area contributed by atoms with Gasteiger partial charge in [-0.15, -0.1) is 0 Å². The highest BCUT2D eigenvalue weighted by Crippen LogP contribution is 2.34. The van der Waals surface area contributed by atoms with Crippen molar-refractivity contribution in [1.82, 2.24) is 9.62 Å². The number of nitrogens with one attached hydrogen (secondary N) is 1. The maximum absolute atomic E-state index is 13.2. The highest BCUT2D eigenvalue weighted by molar-refractivity contribution is 7.90. The molecule has 4 aromatic carbocycles. The predicted octanol–water partition coefficient (Wildman–Crippen LogP) is 6.47. The van der Waals surface area contributed by atoms with Crippen molar-refractivity contribution in [2.75, 3.05) is 43.0 Å². The number of benzene rings is 4. The average molecular weight is 668 g/mol. The SMILES string of the molecule is CN(c1ccc(S(=O)(=O)NC(=O)c2ccc(N3CCN(Cc4ccccc4-c4ccccc4)CC3)cc2)cc1[N+](=O)[O-])C1CCCCC1. The molecule has 1 heterocycles. The van der Waals surface area contributed by atoms with Gasteiger partial charge in [0, 0.05) is 63.1 Å². The summed E-state index contributed by atoms with van der Waals surface area (Å²) >= 11 is 0. The van der Waals surface area contributed by atoms with E-state index in [4.69, 9.17) is 0 Å². The van der Waals surface area contributed by atoms with Crippen LogP contribution >= 0.6 is 0 Å². The second-order valence-electron chi connectivity index (χ2n) is 12.6. The summed E-state index contributed by atoms with van der Waals surface area (Å²) < 4.78 is 28.4. The molecular formula is C37H41N5O5S. The Balaban J connectivity index is 1.07. The lowest BCUT2D eigenvalue weighted by atomic mass is 9.94. The number of hydrogen-bond donors (Lipinski definition) is 1. The molecule has 250 valence electrons. The fourth-order valence-electron chi connectivity index (χ4n) is 6.81. The van der Waals surface area contributed by atoms with E-state index in [-0.39, 0.29) is 22.2 Å². The standard InChI is InChI=1S/C37H41N5O5S/c1-39(31-13-6-3-7-14-31)35-21-20-33(26-36(35)42(44)45)48(46,47)38-37(43)29-16-18-32(19-17-29)41-24-22-40(23-25-41)27-30-12-8-9-15-34(30)28-10-4-2-5-11-28/h2,4-5,8-12,15-21,26,31H,3,6-7,13-14,22-25,27H2,1H3,(H,38,43). The van der Waals surface area contributed by atoms with Crippen molar-refractivity contribution in [3.05, 3.63) is 118 Å². The van der Waals surface area contributed by atoms with Crippen molar-refractivity contribution in [3.8, 4) is 11.1 Å². The van der Waals surface area contributed by atoms with Gasteiger partial charge in [0.25, 0.3) is 21.6 Å². The van der Waals surface area contributed by atoms with Crippen molar-refractivity contribution in [1.29, 1.82) is 0 Å². The van der Waals surface area contributed by atoms with Crippen LogP contribution in [0.15, 0.2) is 102 Å². The molecule has 1 aliphatic carbocycles. The Bertz CT molecular complexity index is 1850. The number of anilines is 2. The molecule has 1 saturated heterocycles. The number of sulfonamides is 1. The van der Waals surface area contributed by atoms with E-state index < -0.39 is 20.9 Å². The van der Waals surface area contributed by atoms with E-state index in [1.54, 1.807) is 12.1 Å². The normalized spacial score (nSPS) is 16.0. The molecule has 11 heteroatoms. The van der Waals surface area contributed by atoms with Crippen LogP contribution in [-0.4, -0.2) is 63.4 Å². The van der Waals surface area contributed by atoms with E-state index in [9.17, 15) is 23.3 Å². The fraction of sp³-hybridized carbons (Fsp3) is 0.324. The van der Waals surface area contributed by atoms with Crippen LogP contribution in [0.5, 0.6) is 0 Å². The summed E-state index contributed by atoms with van der Waals surface area (Å²) in [5, 5.41) is 12.0. The molecule has 1 saturated carbocycles. The minimum atomic E-state index is -4.35. The summed E-state index contributed by atoms with van der Waals surface area (Å²) in [6, 6.07) is 29.8. The summed E-state index contributed by atoms with van der Waals surface area (Å²) in [6.07, 6.45) is 5.13. The number of rotatable bonds is 10. The van der Waals surface area contributed by atoms with Crippen LogP contribution < -0.4 is 14.5 Å². The van der Waals surface area contributed by atoms with E-state index in [1.165, 1.54) is 28.8 Å². The summed E-state index contributed by atoms with van der Waals surface area (Å²) in [7, 11) is -2.54. The van der Waals surface area contributed by atoms with Crippen molar-refractivity contribution in [2.24, 2.45) is 0 Å². The van der Waals surface area contributed by atoms with Crippen LogP contribution in [0.4, 0.5) is 17.1 Å². The summed E-state index contributed by atoms with van der Waals surface area (Å²) in [6.45, 7) is 4.25. The van der Waals surface area contributed by atoms with E-state index >= 15 is 0 Å². The number of carbonyl (C=O) groups excluding carboxylic acids is 1. The van der Waals surface area contributed by atoms with Gasteiger partial charge in [-0.2, -0.15) is 0 Å². The Hall–Kier alpha value is -4.74. The Labute approximate surface area is 282 Å². The van der Waals surface area contributed by atoms with Crippen LogP contribution in [0.25, 0.3) is 11.1 Å². The number of nitro groups is 1. The molecule has 1 aliphatic heterocycles. The lowest BCUT2D eigenvalue weighted by molar-refractivity contribution is -0.384. The Morgan fingerprint density at radius 2 is 1.54 bits per heavy atom. The van der Waals surface area contributed by atoms with Crippen LogP contribution in [0.3, 0.4) is 0 Å². The molecule has 48 heavy (non-hydrogen) atoms. The zero-order valence-corrected chi connectivity index (χ0v) is 27.9. The van der Waals surface area contributed by atoms with Gasteiger partial charge in [0.1, 0.15) is 5.69 Å². The quantitative estimate of drug-likeness (QED) is 0.151. The smallest absolute Gasteiger partial charge is 0.293 e. The number of nitro benzene ring substituents is 1. The van der Waals surface area contributed by atoms with Gasteiger partial charge in [-0.25, -0.2) is 13.1 Å². The topological polar surface area (TPSA) is 116 Å². The number of nitrogens with zero attached hydrogens (tertiary/aromatic N) is 4. The molecule has 2 fully saturated rings. The molecule has 4 aromatic rings. The maximum Gasteiger partial charge on any atom is 0.293 e. The molecule has 0 radical (unpaired) electrons. The van der Waals surface area contributed by atoms with Crippen molar-refractivity contribution >= 4 is 33.0 Å². The summed E-state index contributed by atoms with van der Waals surface area (Å²) in [4.78, 5) is 30.6. The fourth-order valence-corrected chi connectivity index (χ4v) is 7.80. The van der Waals surface area contributed by atoms with Gasteiger partial charge in [-0.05, 0) is 65.9 Å². The first-order valence-corrected chi connectivity index (χ1v) is 18.0. The van der Waals surface area contributed by atoms with Crippen molar-refractivity contribution in [3.63, 3.8) is 0 Å². The number of piperazine rings is 1. The average Bonchev–Trinajstić information content (AvgIpc) is 3.12. The summed E-state index contributed by atoms with van der Waals surface area (Å²) in [5.41, 5.74) is 4.94. The largest absolute Gasteiger partial charge is 0.369 e. The lowest BCUT2D eigenvalue weighted by Crippen LogP contribution is -2.46. The van der Waals surface area contributed by atoms with Crippen molar-refractivity contribution < 1.29 is 18.1 Å². The third kappa shape index (κ3) is 7.53. The number of amides is 1. The van der Waals surface area contributed by atoms with Gasteiger partial charge in [-0.1, -0.05) is 73.9 Å². The first kappa shape index (κ1) is 33.2. The Morgan fingerprint density at radius 1 is 0.875 bits per heavy atom. The third-order valence-corrected chi connectivity index (χ3v) is 10.9. The highest BCUT2D eigenvalue weighted by atomic mass is 32.2. The lowest BCUT2D eigenvalue weighted by Gasteiger charge is -2.36. The van der Waals surface area contributed by atoms with E-state index in [2.05, 4.69) is 63.1 Å². The minimum absolute atomic E-state index is 0.161. The maximum atomic E-state index is 13.2. The molecule has 0 atom stereocenters. The van der Waals surface area contributed by atoms with Gasteiger partial charge in [0.05, 0.1) is 9.82 Å². The van der Waals surface area contributed by atoms with Crippen LogP contribution in [0, 0.1) is 10.1 Å². The molecule has 0 spiro atoms. The molecule has 0 bridgehead atoms. The zero-order chi connectivity index (χ0) is 33.7. The molecule has 2 aliphatic rings. The second kappa shape index (κ2) is 14.6. The van der Waals surface area contributed by atoms with Gasteiger partial charge in [-0.3, -0.25) is 19.8 Å². The summed E-state index contributed by atoms with van der Waals surface area (Å²) in [5.74, 6) is -0.797. The molecular weight excluding hydrogens is 627 g/mol. The molecule has 6 rings (SSSR count). The molecule has 10 nitrogen and oxygen atoms in total. The number of hydrogen-bond acceptors (Lipinski definition) is 8. The van der Waals surface area contributed by atoms with Crippen LogP contribution in [0.1, 0.15) is 48.0 Å². The number of carbonyl (C=O) groups is 1. The Morgan fingerprint density at radius 3 is 2.23 bits per heavy atom. The first-order chi connectivity index (χ1) is 23.2. The predicted molar refractivity (Wildman–Crippen MR) is 189 cm³/mol. The van der Waals surface area contributed by atoms with Gasteiger partial charge < -0.3 is 9.80 Å². The molecule has 0 aromatic heterocycles. The van der Waals surface area contributed by atoms with Crippen LogP contribution in [0.2, 0.25) is 0 Å². The second-order valence-corrected chi connectivity index (χ2v) is 14.3. The van der Waals surface area contributed by atoms with Gasteiger partial charge >= 0.3 is 0 Å². The van der Waals surface area contributed by atoms with E-state index in [1.807, 2.05) is 30.1 Å². The van der Waals surface area contributed by atoms with Crippen molar-refractivity contribution in [2.45, 2.75) is 49.6 Å². The molecule has 1 amide bonds. The van der Waals surface area contributed by atoms with Gasteiger partial charge in [0.2, 0.25) is 0 Å². The Kier molecular flexibility index (Phi) is 10.1. The van der Waals surface area contributed by atoms with Crippen LogP contribution in [-0.2, 0) is 16.6 Å². The third-order valence-electron chi connectivity index (χ3n) is 9.55. The van der Waals surface area contributed by atoms with E-state index in [0.717, 1.165) is 76.6 Å². The van der Waals surface area contributed by atoms with Gasteiger partial charge in [0.15, 0.2) is 0 Å². The monoisotopic (exact) mass is 667 g/mol.